The lowest BCUT2D eigenvalue weighted by Crippen LogP contribution is -1.91. The molecular formula is C16H12ClN3. The van der Waals surface area contributed by atoms with Crippen molar-refractivity contribution in [3.63, 3.8) is 0 Å². The van der Waals surface area contributed by atoms with Crippen molar-refractivity contribution in [1.29, 1.82) is 0 Å². The number of hydrogen-bond acceptors (Lipinski definition) is 3. The van der Waals surface area contributed by atoms with Gasteiger partial charge in [-0.05, 0) is 36.4 Å². The monoisotopic (exact) mass is 281 g/mol. The first-order valence-corrected chi connectivity index (χ1v) is 6.60. The summed E-state index contributed by atoms with van der Waals surface area (Å²) in [7, 11) is 0. The van der Waals surface area contributed by atoms with E-state index in [9.17, 15) is 0 Å². The maximum atomic E-state index is 6.36. The van der Waals surface area contributed by atoms with Crippen molar-refractivity contribution >= 4 is 34.4 Å². The summed E-state index contributed by atoms with van der Waals surface area (Å²) in [6.07, 6.45) is 3.46. The molecule has 1 heterocycles. The molecule has 2 aromatic carbocycles. The lowest BCUT2D eigenvalue weighted by molar-refractivity contribution is 1.35. The van der Waals surface area contributed by atoms with Gasteiger partial charge < -0.3 is 0 Å². The number of hydrogen-bond donors (Lipinski definition) is 1. The third-order valence-electron chi connectivity index (χ3n) is 2.92. The standard InChI is InChI=1S/C16H12ClN3/c17-16-12(8-9-15-14(16)7-4-10-18-15)11-19-20-13-5-2-1-3-6-13/h1-11,20H. The largest absolute Gasteiger partial charge is 0.279 e. The molecule has 3 nitrogen and oxygen atoms in total. The summed E-state index contributed by atoms with van der Waals surface area (Å²) < 4.78 is 0. The first kappa shape index (κ1) is 12.6. The fourth-order valence-electron chi connectivity index (χ4n) is 1.92. The second-order valence-electron chi connectivity index (χ2n) is 4.27. The Kier molecular flexibility index (Phi) is 3.61. The van der Waals surface area contributed by atoms with E-state index in [0.717, 1.165) is 22.2 Å². The summed E-state index contributed by atoms with van der Waals surface area (Å²) in [5, 5.41) is 5.79. The predicted molar refractivity (Wildman–Crippen MR) is 84.4 cm³/mol. The number of para-hydroxylation sites is 1. The van der Waals surface area contributed by atoms with E-state index in [0.29, 0.717) is 5.02 Å². The van der Waals surface area contributed by atoms with E-state index in [-0.39, 0.29) is 0 Å². The molecule has 20 heavy (non-hydrogen) atoms. The lowest BCUT2D eigenvalue weighted by atomic mass is 10.1. The molecule has 0 aliphatic heterocycles. The van der Waals surface area contributed by atoms with Gasteiger partial charge in [0.2, 0.25) is 0 Å². The molecule has 98 valence electrons. The number of benzene rings is 2. The van der Waals surface area contributed by atoms with Crippen LogP contribution in [0.4, 0.5) is 5.69 Å². The molecule has 0 radical (unpaired) electrons. The van der Waals surface area contributed by atoms with Gasteiger partial charge in [0.25, 0.3) is 0 Å². The number of nitrogens with one attached hydrogen (secondary N) is 1. The Bertz CT molecular complexity index is 754. The normalized spacial score (nSPS) is 11.1. The maximum Gasteiger partial charge on any atom is 0.0717 e. The number of rotatable bonds is 3. The van der Waals surface area contributed by atoms with Crippen LogP contribution in [0.5, 0.6) is 0 Å². The van der Waals surface area contributed by atoms with Gasteiger partial charge in [0, 0.05) is 17.1 Å². The van der Waals surface area contributed by atoms with Crippen LogP contribution in [-0.2, 0) is 0 Å². The van der Waals surface area contributed by atoms with Gasteiger partial charge in [0.05, 0.1) is 22.4 Å². The Morgan fingerprint density at radius 3 is 2.70 bits per heavy atom. The fourth-order valence-corrected chi connectivity index (χ4v) is 2.19. The minimum absolute atomic E-state index is 0.661. The van der Waals surface area contributed by atoms with Crippen molar-refractivity contribution in [2.24, 2.45) is 5.10 Å². The van der Waals surface area contributed by atoms with Crippen molar-refractivity contribution in [2.45, 2.75) is 0 Å². The van der Waals surface area contributed by atoms with Gasteiger partial charge in [-0.2, -0.15) is 5.10 Å². The predicted octanol–water partition coefficient (Wildman–Crippen LogP) is 4.33. The molecule has 4 heteroatoms. The molecule has 1 N–H and O–H groups in total. The molecule has 0 atom stereocenters. The number of halogens is 1. The summed E-state index contributed by atoms with van der Waals surface area (Å²) in [6, 6.07) is 17.4. The zero-order valence-electron chi connectivity index (χ0n) is 10.6. The van der Waals surface area contributed by atoms with Gasteiger partial charge in [-0.15, -0.1) is 0 Å². The van der Waals surface area contributed by atoms with Crippen LogP contribution in [0, 0.1) is 0 Å². The number of anilines is 1. The van der Waals surface area contributed by atoms with E-state index >= 15 is 0 Å². The zero-order valence-corrected chi connectivity index (χ0v) is 11.4. The molecule has 0 bridgehead atoms. The van der Waals surface area contributed by atoms with Crippen LogP contribution in [0.25, 0.3) is 10.9 Å². The summed E-state index contributed by atoms with van der Waals surface area (Å²) >= 11 is 6.36. The Morgan fingerprint density at radius 2 is 1.85 bits per heavy atom. The van der Waals surface area contributed by atoms with Gasteiger partial charge in [0.15, 0.2) is 0 Å². The molecule has 0 unspecified atom stereocenters. The fraction of sp³-hybridized carbons (Fsp3) is 0. The smallest absolute Gasteiger partial charge is 0.0717 e. The van der Waals surface area contributed by atoms with Gasteiger partial charge >= 0.3 is 0 Å². The van der Waals surface area contributed by atoms with Crippen LogP contribution < -0.4 is 5.43 Å². The molecule has 0 fully saturated rings. The molecule has 0 aliphatic rings. The molecule has 0 aliphatic carbocycles. The van der Waals surface area contributed by atoms with E-state index < -0.39 is 0 Å². The van der Waals surface area contributed by atoms with Gasteiger partial charge in [0.1, 0.15) is 0 Å². The highest BCUT2D eigenvalue weighted by Gasteiger charge is 2.03. The Balaban J connectivity index is 1.86. The summed E-state index contributed by atoms with van der Waals surface area (Å²) in [6.45, 7) is 0. The average Bonchev–Trinajstić information content (AvgIpc) is 2.51. The highest BCUT2D eigenvalue weighted by molar-refractivity contribution is 6.37. The number of aromatic nitrogens is 1. The second-order valence-corrected chi connectivity index (χ2v) is 4.65. The van der Waals surface area contributed by atoms with E-state index in [4.69, 9.17) is 11.6 Å². The Morgan fingerprint density at radius 1 is 1.00 bits per heavy atom. The molecule has 0 spiro atoms. The third kappa shape index (κ3) is 2.63. The maximum absolute atomic E-state index is 6.36. The molecule has 0 amide bonds. The van der Waals surface area contributed by atoms with Crippen molar-refractivity contribution in [3.05, 3.63) is 71.4 Å². The van der Waals surface area contributed by atoms with Crippen LogP contribution in [-0.4, -0.2) is 11.2 Å². The van der Waals surface area contributed by atoms with Gasteiger partial charge in [-0.25, -0.2) is 0 Å². The van der Waals surface area contributed by atoms with Gasteiger partial charge in [-0.1, -0.05) is 29.8 Å². The third-order valence-corrected chi connectivity index (χ3v) is 3.34. The van der Waals surface area contributed by atoms with E-state index in [1.54, 1.807) is 12.4 Å². The second kappa shape index (κ2) is 5.72. The van der Waals surface area contributed by atoms with Crippen molar-refractivity contribution < 1.29 is 0 Å². The van der Waals surface area contributed by atoms with Crippen LogP contribution in [0.15, 0.2) is 65.9 Å². The van der Waals surface area contributed by atoms with Crippen molar-refractivity contribution in [1.82, 2.24) is 4.98 Å². The van der Waals surface area contributed by atoms with E-state index in [2.05, 4.69) is 15.5 Å². The van der Waals surface area contributed by atoms with E-state index in [1.165, 1.54) is 0 Å². The number of hydrazone groups is 1. The summed E-state index contributed by atoms with van der Waals surface area (Å²) in [4.78, 5) is 4.27. The zero-order chi connectivity index (χ0) is 13.8. The molecular weight excluding hydrogens is 270 g/mol. The topological polar surface area (TPSA) is 37.3 Å². The Labute approximate surface area is 121 Å². The van der Waals surface area contributed by atoms with E-state index in [1.807, 2.05) is 54.6 Å². The van der Waals surface area contributed by atoms with Crippen molar-refractivity contribution in [2.75, 3.05) is 5.43 Å². The quantitative estimate of drug-likeness (QED) is 0.573. The van der Waals surface area contributed by atoms with Gasteiger partial charge in [-0.3, -0.25) is 10.4 Å². The summed E-state index contributed by atoms with van der Waals surface area (Å²) in [5.41, 5.74) is 5.63. The highest BCUT2D eigenvalue weighted by atomic mass is 35.5. The number of pyridine rings is 1. The summed E-state index contributed by atoms with van der Waals surface area (Å²) in [5.74, 6) is 0. The average molecular weight is 282 g/mol. The minimum atomic E-state index is 0.661. The molecule has 3 aromatic rings. The number of nitrogens with zero attached hydrogens (tertiary/aromatic N) is 2. The lowest BCUT2D eigenvalue weighted by Gasteiger charge is -2.03. The van der Waals surface area contributed by atoms with Crippen molar-refractivity contribution in [3.8, 4) is 0 Å². The molecule has 3 rings (SSSR count). The van der Waals surface area contributed by atoms with Crippen LogP contribution in [0.3, 0.4) is 0 Å². The van der Waals surface area contributed by atoms with Crippen LogP contribution in [0.2, 0.25) is 5.02 Å². The Hall–Kier alpha value is -2.39. The molecule has 0 saturated heterocycles. The SMILES string of the molecule is Clc1c(C=NNc2ccccc2)ccc2ncccc12. The number of fused-ring (bicyclic) bond motifs is 1. The molecule has 0 saturated carbocycles. The molecule has 1 aromatic heterocycles. The minimum Gasteiger partial charge on any atom is -0.279 e. The van der Waals surface area contributed by atoms with Crippen LogP contribution in [0.1, 0.15) is 5.56 Å². The first-order valence-electron chi connectivity index (χ1n) is 6.22. The first-order chi connectivity index (χ1) is 9.84. The highest BCUT2D eigenvalue weighted by Crippen LogP contribution is 2.24. The van der Waals surface area contributed by atoms with Crippen LogP contribution >= 0.6 is 11.6 Å².